The molecule has 0 aliphatic carbocycles. The first-order valence-corrected chi connectivity index (χ1v) is 7.59. The summed E-state index contributed by atoms with van der Waals surface area (Å²) in [5.41, 5.74) is 2.25. The van der Waals surface area contributed by atoms with Crippen molar-refractivity contribution in [2.75, 3.05) is 0 Å². The molecule has 0 saturated heterocycles. The molecule has 6 nitrogen and oxygen atoms in total. The summed E-state index contributed by atoms with van der Waals surface area (Å²) in [5, 5.41) is 39.5. The molecule has 6 heteroatoms. The molecule has 0 bridgehead atoms. The molecule has 0 aliphatic heterocycles. The molecule has 3 rings (SSSR count). The number of aromatic nitrogens is 2. The van der Waals surface area contributed by atoms with Gasteiger partial charge in [0.1, 0.15) is 35.4 Å². The summed E-state index contributed by atoms with van der Waals surface area (Å²) in [7, 11) is 0. The molecule has 0 radical (unpaired) electrons. The van der Waals surface area contributed by atoms with E-state index >= 15 is 0 Å². The van der Waals surface area contributed by atoms with Crippen LogP contribution in [0, 0.1) is 59.2 Å². The molecule has 0 spiro atoms. The van der Waals surface area contributed by atoms with Gasteiger partial charge in [-0.05, 0) is 37.1 Å². The third-order valence-corrected chi connectivity index (χ3v) is 4.01. The van der Waals surface area contributed by atoms with E-state index in [1.165, 1.54) is 0 Å². The third kappa shape index (κ3) is 2.40. The van der Waals surface area contributed by atoms with Crippen molar-refractivity contribution >= 4 is 33.0 Å². The van der Waals surface area contributed by atoms with Crippen LogP contribution in [0.5, 0.6) is 0 Å². The van der Waals surface area contributed by atoms with Gasteiger partial charge in [0.25, 0.3) is 0 Å². The zero-order chi connectivity index (χ0) is 18.8. The highest BCUT2D eigenvalue weighted by Gasteiger charge is 2.14. The predicted octanol–water partition coefficient (Wildman–Crippen LogP) is 1.80. The Morgan fingerprint density at radius 1 is 0.692 bits per heavy atom. The van der Waals surface area contributed by atoms with E-state index < -0.39 is 0 Å². The molecule has 0 unspecified atom stereocenters. The Bertz CT molecular complexity index is 1240. The fraction of sp³-hybridized carbons (Fsp3) is 0.100. The zero-order valence-electron chi connectivity index (χ0n) is 14.0. The molecule has 3 aromatic rings. The molecule has 0 N–H and O–H groups in total. The monoisotopic (exact) mass is 334 g/mol. The van der Waals surface area contributed by atoms with Gasteiger partial charge in [-0.15, -0.1) is 0 Å². The summed E-state index contributed by atoms with van der Waals surface area (Å²) in [5.74, 6) is 0. The Morgan fingerprint density at radius 3 is 1.35 bits per heavy atom. The molecular formula is C20H10N6. The number of aryl methyl sites for hydroxylation is 2. The topological polar surface area (TPSA) is 121 Å². The summed E-state index contributed by atoms with van der Waals surface area (Å²) in [6, 6.07) is 11.2. The average molecular weight is 334 g/mol. The van der Waals surface area contributed by atoms with Crippen molar-refractivity contribution in [1.82, 2.24) is 9.97 Å². The van der Waals surface area contributed by atoms with Gasteiger partial charge in [-0.1, -0.05) is 0 Å². The predicted molar refractivity (Wildman–Crippen MR) is 95.0 cm³/mol. The fourth-order valence-electron chi connectivity index (χ4n) is 2.95. The second kappa shape index (κ2) is 6.33. The maximum Gasteiger partial charge on any atom is 0.139 e. The van der Waals surface area contributed by atoms with E-state index in [0.29, 0.717) is 32.2 Å². The van der Waals surface area contributed by atoms with Crippen LogP contribution < -0.4 is 10.4 Å². The summed E-state index contributed by atoms with van der Waals surface area (Å²) >= 11 is 0. The Morgan fingerprint density at radius 2 is 1.04 bits per heavy atom. The van der Waals surface area contributed by atoms with Gasteiger partial charge in [0, 0.05) is 33.6 Å². The van der Waals surface area contributed by atoms with Crippen LogP contribution in [-0.2, 0) is 0 Å². The van der Waals surface area contributed by atoms with E-state index in [2.05, 4.69) is 9.97 Å². The zero-order valence-corrected chi connectivity index (χ0v) is 14.0. The summed E-state index contributed by atoms with van der Waals surface area (Å²) in [6.45, 7) is 3.67. The van der Waals surface area contributed by atoms with Gasteiger partial charge in [-0.25, -0.2) is 0 Å². The molecule has 2 aromatic heterocycles. The largest absolute Gasteiger partial charge is 0.255 e. The second-order valence-electron chi connectivity index (χ2n) is 5.76. The number of pyridine rings is 2. The van der Waals surface area contributed by atoms with Crippen molar-refractivity contribution in [2.24, 2.45) is 0 Å². The van der Waals surface area contributed by atoms with Crippen LogP contribution >= 0.6 is 0 Å². The number of hydrogen-bond donors (Lipinski definition) is 0. The third-order valence-electron chi connectivity index (χ3n) is 4.01. The van der Waals surface area contributed by atoms with E-state index in [-0.39, 0.29) is 11.1 Å². The Kier molecular flexibility index (Phi) is 4.04. The van der Waals surface area contributed by atoms with E-state index in [1.54, 1.807) is 24.5 Å². The molecule has 0 atom stereocenters. The SMILES string of the molecule is Cc1cnc2c(=C(C#N)C#N)c3cc(C)cnc3c(=C(C#N)C#N)c2c1. The van der Waals surface area contributed by atoms with Gasteiger partial charge in [0.05, 0.1) is 11.0 Å². The van der Waals surface area contributed by atoms with Gasteiger partial charge in [0.15, 0.2) is 0 Å². The minimum absolute atomic E-state index is 0.0919. The number of fused-ring (bicyclic) bond motifs is 2. The van der Waals surface area contributed by atoms with Gasteiger partial charge < -0.3 is 0 Å². The number of hydrogen-bond acceptors (Lipinski definition) is 6. The molecule has 0 amide bonds. The van der Waals surface area contributed by atoms with Gasteiger partial charge in [-0.3, -0.25) is 9.97 Å². The lowest BCUT2D eigenvalue weighted by Crippen LogP contribution is -2.20. The standard InChI is InChI=1S/C20H10N6/c1-11-3-15-17(13(5-21)6-22)20-16(4-12(2)10-26-20)18(14(7-23)8-24)19(15)25-9-11/h3-4,9-10H,1-2H3. The first-order valence-electron chi connectivity index (χ1n) is 7.59. The lowest BCUT2D eigenvalue weighted by molar-refractivity contribution is 1.30. The second-order valence-corrected chi connectivity index (χ2v) is 5.76. The number of nitriles is 4. The number of benzene rings is 1. The smallest absolute Gasteiger partial charge is 0.139 e. The summed E-state index contributed by atoms with van der Waals surface area (Å²) < 4.78 is 0. The van der Waals surface area contributed by atoms with E-state index in [9.17, 15) is 21.0 Å². The molecule has 120 valence electrons. The first-order chi connectivity index (χ1) is 12.5. The molecule has 0 fully saturated rings. The lowest BCUT2D eigenvalue weighted by Gasteiger charge is -2.08. The van der Waals surface area contributed by atoms with Crippen LogP contribution in [-0.4, -0.2) is 9.97 Å². The molecule has 0 aliphatic rings. The van der Waals surface area contributed by atoms with Gasteiger partial charge in [0.2, 0.25) is 0 Å². The van der Waals surface area contributed by atoms with Crippen molar-refractivity contribution in [3.63, 3.8) is 0 Å². The summed E-state index contributed by atoms with van der Waals surface area (Å²) in [6.07, 6.45) is 3.24. The van der Waals surface area contributed by atoms with Crippen LogP contribution in [0.4, 0.5) is 0 Å². The van der Waals surface area contributed by atoms with E-state index in [4.69, 9.17) is 0 Å². The Hall–Kier alpha value is -4.26. The average Bonchev–Trinajstić information content (AvgIpc) is 2.64. The minimum atomic E-state index is -0.0919. The molecule has 1 aromatic carbocycles. The summed E-state index contributed by atoms with van der Waals surface area (Å²) in [4.78, 5) is 8.81. The highest BCUT2D eigenvalue weighted by atomic mass is 14.7. The maximum absolute atomic E-state index is 9.43. The van der Waals surface area contributed by atoms with Crippen LogP contribution in [0.2, 0.25) is 0 Å². The van der Waals surface area contributed by atoms with Crippen LogP contribution in [0.1, 0.15) is 11.1 Å². The molecule has 26 heavy (non-hydrogen) atoms. The normalized spacial score (nSPS) is 9.77. The van der Waals surface area contributed by atoms with Gasteiger partial charge >= 0.3 is 0 Å². The highest BCUT2D eigenvalue weighted by molar-refractivity contribution is 6.03. The maximum atomic E-state index is 9.43. The van der Waals surface area contributed by atoms with E-state index in [0.717, 1.165) is 11.1 Å². The van der Waals surface area contributed by atoms with Crippen LogP contribution in [0.3, 0.4) is 0 Å². The van der Waals surface area contributed by atoms with Crippen molar-refractivity contribution in [3.05, 3.63) is 46.1 Å². The number of rotatable bonds is 0. The lowest BCUT2D eigenvalue weighted by atomic mass is 9.98. The molecular weight excluding hydrogens is 324 g/mol. The fourth-order valence-corrected chi connectivity index (χ4v) is 2.95. The Balaban J connectivity index is 2.97. The first kappa shape index (κ1) is 16.6. The Labute approximate surface area is 148 Å². The highest BCUT2D eigenvalue weighted by Crippen LogP contribution is 2.15. The van der Waals surface area contributed by atoms with E-state index in [1.807, 2.05) is 38.1 Å². The van der Waals surface area contributed by atoms with Gasteiger partial charge in [-0.2, -0.15) is 21.0 Å². The quantitative estimate of drug-likeness (QED) is 0.578. The van der Waals surface area contributed by atoms with Crippen molar-refractivity contribution in [1.29, 1.82) is 21.0 Å². The minimum Gasteiger partial charge on any atom is -0.255 e. The van der Waals surface area contributed by atoms with Crippen LogP contribution in [0.15, 0.2) is 24.5 Å². The van der Waals surface area contributed by atoms with Crippen molar-refractivity contribution in [2.45, 2.75) is 13.8 Å². The molecule has 0 saturated carbocycles. The number of nitrogens with zero attached hydrogens (tertiary/aromatic N) is 6. The van der Waals surface area contributed by atoms with Crippen molar-refractivity contribution < 1.29 is 0 Å². The van der Waals surface area contributed by atoms with Crippen molar-refractivity contribution in [3.8, 4) is 24.3 Å². The van der Waals surface area contributed by atoms with Crippen LogP contribution in [0.25, 0.3) is 33.0 Å². The molecule has 2 heterocycles.